The minimum Gasteiger partial charge on any atom is -0.508 e. The van der Waals surface area contributed by atoms with Gasteiger partial charge in [-0.25, -0.2) is 0 Å². The van der Waals surface area contributed by atoms with E-state index >= 15 is 0 Å². The summed E-state index contributed by atoms with van der Waals surface area (Å²) in [4.78, 5) is 14.3. The van der Waals surface area contributed by atoms with E-state index in [1.165, 1.54) is 12.1 Å². The fourth-order valence-electron chi connectivity index (χ4n) is 4.30. The molecule has 2 heterocycles. The molecule has 176 valence electrons. The fraction of sp³-hybridized carbons (Fsp3) is 0.417. The predicted molar refractivity (Wildman–Crippen MR) is 123 cm³/mol. The maximum Gasteiger partial charge on any atom is 0.294 e. The Morgan fingerprint density at radius 1 is 1.18 bits per heavy atom. The van der Waals surface area contributed by atoms with Crippen LogP contribution in [0.3, 0.4) is 0 Å². The molecule has 33 heavy (non-hydrogen) atoms. The van der Waals surface area contributed by atoms with Crippen molar-refractivity contribution in [2.45, 2.75) is 56.0 Å². The molecule has 2 fully saturated rings. The third-order valence-electron chi connectivity index (χ3n) is 6.14. The Labute approximate surface area is 194 Å². The molecule has 0 radical (unpaired) electrons. The summed E-state index contributed by atoms with van der Waals surface area (Å²) in [5, 5.41) is 22.1. The van der Waals surface area contributed by atoms with Crippen molar-refractivity contribution in [1.82, 2.24) is 10.2 Å². The number of benzene rings is 2. The van der Waals surface area contributed by atoms with E-state index in [2.05, 4.69) is 11.4 Å². The molecule has 2 aromatic rings. The van der Waals surface area contributed by atoms with Crippen LogP contribution in [0.1, 0.15) is 41.9 Å². The largest absolute Gasteiger partial charge is 0.508 e. The minimum absolute atomic E-state index is 0.0457. The molecule has 2 aliphatic heterocycles. The van der Waals surface area contributed by atoms with E-state index < -0.39 is 10.1 Å². The van der Waals surface area contributed by atoms with E-state index in [0.29, 0.717) is 6.54 Å². The standard InChI is InChI=1S/C17H21N3O2.C7H8O3S/c1-11-4-5-14(21)8-15(11)12-7-16(19-10-12)17(22)20-6-2-3-13(20)9-18;1-6-2-4-7(5-3-6)11(8,9)10/h4-5,8,12-13,16,19,21H,2-3,6-7,10H2,1H3;2-5H,1H3,(H,8,9,10)/t12-,13-,16-;/m0./s1. The summed E-state index contributed by atoms with van der Waals surface area (Å²) in [5.74, 6) is 0.535. The van der Waals surface area contributed by atoms with Crippen molar-refractivity contribution in [2.24, 2.45) is 0 Å². The second kappa shape index (κ2) is 10.3. The summed E-state index contributed by atoms with van der Waals surface area (Å²) in [5.41, 5.74) is 3.19. The van der Waals surface area contributed by atoms with E-state index in [9.17, 15) is 18.3 Å². The van der Waals surface area contributed by atoms with Crippen molar-refractivity contribution in [2.75, 3.05) is 13.1 Å². The molecule has 2 aromatic carbocycles. The average Bonchev–Trinajstić information content (AvgIpc) is 3.45. The second-order valence-corrected chi connectivity index (χ2v) is 9.96. The molecule has 0 spiro atoms. The summed E-state index contributed by atoms with van der Waals surface area (Å²) in [6.07, 6.45) is 2.41. The van der Waals surface area contributed by atoms with Gasteiger partial charge in [0.05, 0.1) is 17.0 Å². The average molecular weight is 472 g/mol. The molecule has 0 aliphatic carbocycles. The number of rotatable bonds is 3. The monoisotopic (exact) mass is 471 g/mol. The lowest BCUT2D eigenvalue weighted by molar-refractivity contribution is -0.133. The molecule has 4 rings (SSSR count). The van der Waals surface area contributed by atoms with Crippen LogP contribution in [0, 0.1) is 25.2 Å². The number of hydrogen-bond donors (Lipinski definition) is 3. The Balaban J connectivity index is 0.000000235. The van der Waals surface area contributed by atoms with Crippen LogP contribution >= 0.6 is 0 Å². The van der Waals surface area contributed by atoms with Crippen LogP contribution < -0.4 is 5.32 Å². The topological polar surface area (TPSA) is 131 Å². The van der Waals surface area contributed by atoms with Gasteiger partial charge in [0.15, 0.2) is 0 Å². The predicted octanol–water partition coefficient (Wildman–Crippen LogP) is 2.90. The van der Waals surface area contributed by atoms with Gasteiger partial charge in [-0.15, -0.1) is 0 Å². The van der Waals surface area contributed by atoms with Crippen molar-refractivity contribution in [3.05, 3.63) is 59.2 Å². The molecule has 1 amide bonds. The molecule has 0 aromatic heterocycles. The number of aryl methyl sites for hydroxylation is 2. The van der Waals surface area contributed by atoms with E-state index in [1.54, 1.807) is 29.2 Å². The zero-order valence-corrected chi connectivity index (χ0v) is 19.5. The van der Waals surface area contributed by atoms with Crippen LogP contribution in [-0.2, 0) is 14.9 Å². The number of carbonyl (C=O) groups excluding carboxylic acids is 1. The second-order valence-electron chi connectivity index (χ2n) is 8.54. The lowest BCUT2D eigenvalue weighted by Crippen LogP contribution is -2.45. The van der Waals surface area contributed by atoms with Crippen LogP contribution in [0.2, 0.25) is 0 Å². The molecule has 2 saturated heterocycles. The van der Waals surface area contributed by atoms with Gasteiger partial charge in [-0.1, -0.05) is 23.8 Å². The summed E-state index contributed by atoms with van der Waals surface area (Å²) >= 11 is 0. The smallest absolute Gasteiger partial charge is 0.294 e. The van der Waals surface area contributed by atoms with Gasteiger partial charge in [0.1, 0.15) is 11.8 Å². The number of nitrogens with zero attached hydrogens (tertiary/aromatic N) is 2. The number of amides is 1. The van der Waals surface area contributed by atoms with Gasteiger partial charge in [-0.2, -0.15) is 13.7 Å². The fourth-order valence-corrected chi connectivity index (χ4v) is 4.78. The van der Waals surface area contributed by atoms with Crippen molar-refractivity contribution in [1.29, 1.82) is 5.26 Å². The minimum atomic E-state index is -4.02. The Morgan fingerprint density at radius 2 is 1.88 bits per heavy atom. The highest BCUT2D eigenvalue weighted by Gasteiger charge is 2.37. The highest BCUT2D eigenvalue weighted by Crippen LogP contribution is 2.32. The van der Waals surface area contributed by atoms with Crippen molar-refractivity contribution < 1.29 is 22.9 Å². The first-order chi connectivity index (χ1) is 15.6. The number of nitriles is 1. The van der Waals surface area contributed by atoms with E-state index in [0.717, 1.165) is 42.5 Å². The van der Waals surface area contributed by atoms with Gasteiger partial charge in [0, 0.05) is 13.1 Å². The summed E-state index contributed by atoms with van der Waals surface area (Å²) < 4.78 is 29.6. The lowest BCUT2D eigenvalue weighted by Gasteiger charge is -2.23. The van der Waals surface area contributed by atoms with Gasteiger partial charge in [-0.05, 0) is 74.4 Å². The van der Waals surface area contributed by atoms with E-state index in [-0.39, 0.29) is 34.6 Å². The number of phenolic OH excluding ortho intramolecular Hbond substituents is 1. The Kier molecular flexibility index (Phi) is 7.74. The van der Waals surface area contributed by atoms with E-state index in [1.807, 2.05) is 19.9 Å². The van der Waals surface area contributed by atoms with Crippen LogP contribution in [0.5, 0.6) is 5.75 Å². The van der Waals surface area contributed by atoms with Gasteiger partial charge >= 0.3 is 0 Å². The number of nitrogens with one attached hydrogen (secondary N) is 1. The number of likely N-dealkylation sites (tertiary alicyclic amines) is 1. The number of hydrogen-bond acceptors (Lipinski definition) is 6. The Morgan fingerprint density at radius 3 is 2.52 bits per heavy atom. The molecular formula is C24H29N3O5S. The summed E-state index contributed by atoms with van der Waals surface area (Å²) in [7, 11) is -4.02. The van der Waals surface area contributed by atoms with Gasteiger partial charge in [-0.3, -0.25) is 9.35 Å². The van der Waals surface area contributed by atoms with Crippen LogP contribution in [0.4, 0.5) is 0 Å². The number of carbonyl (C=O) groups is 1. The molecule has 0 unspecified atom stereocenters. The molecule has 3 atom stereocenters. The van der Waals surface area contributed by atoms with E-state index in [4.69, 9.17) is 9.81 Å². The number of phenols is 1. The summed E-state index contributed by atoms with van der Waals surface area (Å²) in [6.45, 7) is 5.28. The molecule has 8 nitrogen and oxygen atoms in total. The first kappa shape index (κ1) is 24.7. The first-order valence-corrected chi connectivity index (χ1v) is 12.3. The number of aromatic hydroxyl groups is 1. The normalized spacial score (nSPS) is 22.4. The first-order valence-electron chi connectivity index (χ1n) is 10.9. The van der Waals surface area contributed by atoms with Gasteiger partial charge in [0.2, 0.25) is 5.91 Å². The maximum atomic E-state index is 12.6. The molecule has 0 bridgehead atoms. The third kappa shape index (κ3) is 6.11. The van der Waals surface area contributed by atoms with Crippen molar-refractivity contribution in [3.63, 3.8) is 0 Å². The lowest BCUT2D eigenvalue weighted by atomic mass is 9.92. The highest BCUT2D eigenvalue weighted by molar-refractivity contribution is 7.85. The molecule has 9 heteroatoms. The third-order valence-corrected chi connectivity index (χ3v) is 7.00. The highest BCUT2D eigenvalue weighted by atomic mass is 32.2. The SMILES string of the molecule is Cc1ccc(O)cc1[C@@H]1CN[C@H](C(=O)N2CCC[C@H]2C#N)C1.Cc1ccc(S(=O)(=O)O)cc1. The van der Waals surface area contributed by atoms with Crippen LogP contribution in [-0.4, -0.2) is 54.1 Å². The Hall–Kier alpha value is -2.93. The van der Waals surface area contributed by atoms with Gasteiger partial charge in [0.25, 0.3) is 10.1 Å². The zero-order valence-electron chi connectivity index (χ0n) is 18.7. The van der Waals surface area contributed by atoms with Crippen molar-refractivity contribution >= 4 is 16.0 Å². The van der Waals surface area contributed by atoms with Crippen LogP contribution in [0.15, 0.2) is 47.4 Å². The Bertz CT molecular complexity index is 1140. The molecule has 3 N–H and O–H groups in total. The molecule has 0 saturated carbocycles. The molecular weight excluding hydrogens is 442 g/mol. The van der Waals surface area contributed by atoms with Crippen LogP contribution in [0.25, 0.3) is 0 Å². The van der Waals surface area contributed by atoms with Crippen molar-refractivity contribution in [3.8, 4) is 11.8 Å². The maximum absolute atomic E-state index is 12.6. The molecule has 2 aliphatic rings. The quantitative estimate of drug-likeness (QED) is 0.587. The van der Waals surface area contributed by atoms with Gasteiger partial charge < -0.3 is 15.3 Å². The zero-order chi connectivity index (χ0) is 24.2. The summed E-state index contributed by atoms with van der Waals surface area (Å²) in [6, 6.07) is 13.1.